The van der Waals surface area contributed by atoms with E-state index in [1.54, 1.807) is 11.8 Å². The standard InChI is InChI=1S/C20H26N2O4S2/c23-18(14(12-27)11-13-5-2-1-3-6-13)21-15-9-10-28-17-8-4-7-16(20(25)26)22(17)19(15)24/h1-3,5-6,14-17,27H,4,7-12H2,(H,21,23)(H,25,26)/t14?,15-,16-,17-/m0/s1. The van der Waals surface area contributed by atoms with Crippen molar-refractivity contribution in [3.8, 4) is 0 Å². The van der Waals surface area contributed by atoms with Crippen LogP contribution in [0.3, 0.4) is 0 Å². The molecular formula is C20H26N2O4S2. The molecule has 0 bridgehead atoms. The maximum atomic E-state index is 13.1. The lowest BCUT2D eigenvalue weighted by molar-refractivity contribution is -0.154. The number of carbonyl (C=O) groups excluding carboxylic acids is 2. The highest BCUT2D eigenvalue weighted by Crippen LogP contribution is 2.34. The number of thioether (sulfide) groups is 1. The van der Waals surface area contributed by atoms with Gasteiger partial charge in [-0.25, -0.2) is 4.79 Å². The molecule has 1 aromatic rings. The molecule has 152 valence electrons. The van der Waals surface area contributed by atoms with Crippen LogP contribution in [0.1, 0.15) is 31.2 Å². The van der Waals surface area contributed by atoms with Gasteiger partial charge in [0.15, 0.2) is 0 Å². The van der Waals surface area contributed by atoms with E-state index < -0.39 is 18.1 Å². The van der Waals surface area contributed by atoms with Crippen LogP contribution in [0.25, 0.3) is 0 Å². The molecule has 0 aromatic heterocycles. The number of benzene rings is 1. The van der Waals surface area contributed by atoms with Crippen molar-refractivity contribution in [1.29, 1.82) is 0 Å². The highest BCUT2D eigenvalue weighted by Gasteiger charge is 2.43. The van der Waals surface area contributed by atoms with Gasteiger partial charge in [-0.2, -0.15) is 12.6 Å². The van der Waals surface area contributed by atoms with Crippen LogP contribution in [-0.2, 0) is 20.8 Å². The van der Waals surface area contributed by atoms with Crippen LogP contribution in [0, 0.1) is 5.92 Å². The number of nitrogens with one attached hydrogen (secondary N) is 1. The van der Waals surface area contributed by atoms with Crippen molar-refractivity contribution < 1.29 is 19.5 Å². The maximum Gasteiger partial charge on any atom is 0.326 e. The Morgan fingerprint density at radius 3 is 2.68 bits per heavy atom. The molecule has 1 unspecified atom stereocenters. The first-order valence-corrected chi connectivity index (χ1v) is 11.3. The largest absolute Gasteiger partial charge is 0.480 e. The van der Waals surface area contributed by atoms with Crippen molar-refractivity contribution in [1.82, 2.24) is 10.2 Å². The lowest BCUT2D eigenvalue weighted by Gasteiger charge is -2.39. The van der Waals surface area contributed by atoms with Crippen LogP contribution >= 0.6 is 24.4 Å². The van der Waals surface area contributed by atoms with Gasteiger partial charge >= 0.3 is 5.97 Å². The number of hydrogen-bond acceptors (Lipinski definition) is 5. The van der Waals surface area contributed by atoms with Gasteiger partial charge in [0.2, 0.25) is 11.8 Å². The number of thiol groups is 1. The number of rotatable bonds is 6. The minimum Gasteiger partial charge on any atom is -0.480 e. The van der Waals surface area contributed by atoms with Crippen LogP contribution in [0.4, 0.5) is 0 Å². The lowest BCUT2D eigenvalue weighted by Crippen LogP contribution is -2.57. The van der Waals surface area contributed by atoms with E-state index in [4.69, 9.17) is 0 Å². The van der Waals surface area contributed by atoms with Gasteiger partial charge in [0, 0.05) is 5.75 Å². The summed E-state index contributed by atoms with van der Waals surface area (Å²) in [6, 6.07) is 8.23. The summed E-state index contributed by atoms with van der Waals surface area (Å²) in [6.45, 7) is 0. The Balaban J connectivity index is 1.70. The van der Waals surface area contributed by atoms with Gasteiger partial charge in [-0.15, -0.1) is 11.8 Å². The van der Waals surface area contributed by atoms with E-state index in [0.717, 1.165) is 18.4 Å². The van der Waals surface area contributed by atoms with E-state index in [2.05, 4.69) is 17.9 Å². The molecule has 0 saturated carbocycles. The molecule has 2 aliphatic rings. The molecule has 0 aliphatic carbocycles. The maximum absolute atomic E-state index is 13.1. The van der Waals surface area contributed by atoms with Crippen LogP contribution in [-0.4, -0.2) is 56.8 Å². The van der Waals surface area contributed by atoms with E-state index in [1.165, 1.54) is 4.90 Å². The number of piperidine rings is 1. The van der Waals surface area contributed by atoms with E-state index in [0.29, 0.717) is 30.8 Å². The molecule has 2 fully saturated rings. The van der Waals surface area contributed by atoms with Crippen molar-refractivity contribution in [3.05, 3.63) is 35.9 Å². The van der Waals surface area contributed by atoms with Gasteiger partial charge in [-0.3, -0.25) is 9.59 Å². The number of fused-ring (bicyclic) bond motifs is 1. The SMILES string of the molecule is O=C(N[C@H]1CCS[C@H]2CCC[C@@H](C(=O)O)N2C1=O)C(CS)Cc1ccccc1. The fraction of sp³-hybridized carbons (Fsp3) is 0.550. The third kappa shape index (κ3) is 4.84. The third-order valence-electron chi connectivity index (χ3n) is 5.36. The summed E-state index contributed by atoms with van der Waals surface area (Å²) in [4.78, 5) is 39.1. The smallest absolute Gasteiger partial charge is 0.326 e. The minimum atomic E-state index is -0.970. The van der Waals surface area contributed by atoms with Gasteiger partial charge in [0.1, 0.15) is 12.1 Å². The van der Waals surface area contributed by atoms with E-state index in [9.17, 15) is 19.5 Å². The first-order valence-electron chi connectivity index (χ1n) is 9.63. The second-order valence-electron chi connectivity index (χ2n) is 7.27. The van der Waals surface area contributed by atoms with E-state index in [1.807, 2.05) is 30.3 Å². The molecule has 3 rings (SSSR count). The summed E-state index contributed by atoms with van der Waals surface area (Å²) in [7, 11) is 0. The van der Waals surface area contributed by atoms with Crippen LogP contribution in [0.5, 0.6) is 0 Å². The number of aliphatic carboxylic acids is 1. The van der Waals surface area contributed by atoms with E-state index in [-0.39, 0.29) is 23.1 Å². The molecule has 4 atom stereocenters. The van der Waals surface area contributed by atoms with Gasteiger partial charge in [-0.1, -0.05) is 30.3 Å². The van der Waals surface area contributed by atoms with E-state index >= 15 is 0 Å². The monoisotopic (exact) mass is 422 g/mol. The number of carboxylic acid groups (broad SMARTS) is 1. The average Bonchev–Trinajstić information content (AvgIpc) is 2.86. The van der Waals surface area contributed by atoms with Gasteiger partial charge in [-0.05, 0) is 43.4 Å². The Labute approximate surface area is 174 Å². The van der Waals surface area contributed by atoms with Crippen molar-refractivity contribution in [2.24, 2.45) is 5.92 Å². The summed E-state index contributed by atoms with van der Waals surface area (Å²) in [5, 5.41) is 12.3. The first kappa shape index (κ1) is 21.0. The fourth-order valence-electron chi connectivity index (χ4n) is 3.85. The zero-order chi connectivity index (χ0) is 20.1. The third-order valence-corrected chi connectivity index (χ3v) is 7.12. The van der Waals surface area contributed by atoms with Gasteiger partial charge in [0.05, 0.1) is 11.3 Å². The number of carbonyl (C=O) groups is 3. The molecule has 1 aromatic carbocycles. The summed E-state index contributed by atoms with van der Waals surface area (Å²) >= 11 is 5.94. The average molecular weight is 423 g/mol. The molecule has 0 radical (unpaired) electrons. The zero-order valence-electron chi connectivity index (χ0n) is 15.6. The molecule has 2 heterocycles. The highest BCUT2D eigenvalue weighted by molar-refractivity contribution is 7.99. The van der Waals surface area contributed by atoms with Crippen molar-refractivity contribution in [2.75, 3.05) is 11.5 Å². The summed E-state index contributed by atoms with van der Waals surface area (Å²) < 4.78 is 0. The van der Waals surface area contributed by atoms with Gasteiger partial charge in [0.25, 0.3) is 0 Å². The molecule has 8 heteroatoms. The predicted octanol–water partition coefficient (Wildman–Crippen LogP) is 2.19. The quantitative estimate of drug-likeness (QED) is 0.612. The van der Waals surface area contributed by atoms with Crippen LogP contribution < -0.4 is 5.32 Å². The number of amides is 2. The summed E-state index contributed by atoms with van der Waals surface area (Å²) in [5.74, 6) is -0.697. The van der Waals surface area contributed by atoms with Gasteiger partial charge < -0.3 is 15.3 Å². The van der Waals surface area contributed by atoms with Crippen LogP contribution in [0.2, 0.25) is 0 Å². The normalized spacial score (nSPS) is 26.1. The van der Waals surface area contributed by atoms with Crippen molar-refractivity contribution >= 4 is 42.2 Å². The topological polar surface area (TPSA) is 86.7 Å². The Morgan fingerprint density at radius 1 is 1.25 bits per heavy atom. The molecule has 0 spiro atoms. The van der Waals surface area contributed by atoms with Crippen molar-refractivity contribution in [2.45, 2.75) is 49.6 Å². The zero-order valence-corrected chi connectivity index (χ0v) is 17.3. The second kappa shape index (κ2) is 9.69. The Hall–Kier alpha value is -1.67. The molecule has 28 heavy (non-hydrogen) atoms. The predicted molar refractivity (Wildman–Crippen MR) is 112 cm³/mol. The first-order chi connectivity index (χ1) is 13.5. The Bertz CT molecular complexity index is 715. The molecule has 2 amide bonds. The Morgan fingerprint density at radius 2 is 2.00 bits per heavy atom. The molecule has 6 nitrogen and oxygen atoms in total. The number of carboxylic acids is 1. The van der Waals surface area contributed by atoms with Crippen molar-refractivity contribution in [3.63, 3.8) is 0 Å². The number of nitrogens with zero attached hydrogens (tertiary/aromatic N) is 1. The molecular weight excluding hydrogens is 396 g/mol. The summed E-state index contributed by atoms with van der Waals surface area (Å²) in [6.07, 6.45) is 3.13. The van der Waals surface area contributed by atoms with Crippen LogP contribution in [0.15, 0.2) is 30.3 Å². The summed E-state index contributed by atoms with van der Waals surface area (Å²) in [5.41, 5.74) is 1.04. The molecule has 2 N–H and O–H groups in total. The lowest BCUT2D eigenvalue weighted by atomic mass is 9.98. The fourth-order valence-corrected chi connectivity index (χ4v) is 5.54. The second-order valence-corrected chi connectivity index (χ2v) is 8.93. The molecule has 2 aliphatic heterocycles. The highest BCUT2D eigenvalue weighted by atomic mass is 32.2. The Kier molecular flexibility index (Phi) is 7.29. The molecule has 2 saturated heterocycles. The number of hydrogen-bond donors (Lipinski definition) is 3. The minimum absolute atomic E-state index is 0.116.